The molecule has 0 N–H and O–H groups in total. The van der Waals surface area contributed by atoms with Crippen molar-refractivity contribution in [3.05, 3.63) is 65.0 Å². The average molecular weight is 383 g/mol. The van der Waals surface area contributed by atoms with Crippen LogP contribution in [0.1, 0.15) is 16.2 Å². The van der Waals surface area contributed by atoms with Crippen molar-refractivity contribution in [3.63, 3.8) is 0 Å². The first-order chi connectivity index (χ1) is 13.1. The van der Waals surface area contributed by atoms with E-state index >= 15 is 0 Å². The van der Waals surface area contributed by atoms with Gasteiger partial charge in [-0.05, 0) is 36.8 Å². The van der Waals surface area contributed by atoms with Crippen molar-refractivity contribution in [1.29, 1.82) is 0 Å². The fraction of sp³-hybridized carbons (Fsp3) is 0.250. The van der Waals surface area contributed by atoms with Gasteiger partial charge in [-0.15, -0.1) is 10.2 Å². The second-order valence-electron chi connectivity index (χ2n) is 6.51. The van der Waals surface area contributed by atoms with Gasteiger partial charge in [-0.3, -0.25) is 4.79 Å². The highest BCUT2D eigenvalue weighted by atomic mass is 35.5. The monoisotopic (exact) mass is 382 g/mol. The van der Waals surface area contributed by atoms with Crippen LogP contribution in [0.25, 0.3) is 11.5 Å². The number of carbonyl (C=O) groups is 1. The zero-order valence-electron chi connectivity index (χ0n) is 14.9. The fourth-order valence-electron chi connectivity index (χ4n) is 3.18. The minimum absolute atomic E-state index is 0.00562. The molecule has 4 rings (SSSR count). The van der Waals surface area contributed by atoms with E-state index in [2.05, 4.69) is 46.3 Å². The molecule has 1 aliphatic heterocycles. The number of piperazine rings is 1. The van der Waals surface area contributed by atoms with E-state index in [0.29, 0.717) is 23.7 Å². The SMILES string of the molecule is Cc1cccc(N2CCN(C(=O)c3nnc(-c4ccccc4Cl)o3)CC2)c1. The van der Waals surface area contributed by atoms with Crippen LogP contribution in [-0.4, -0.2) is 47.2 Å². The van der Waals surface area contributed by atoms with E-state index < -0.39 is 0 Å². The summed E-state index contributed by atoms with van der Waals surface area (Å²) in [6.07, 6.45) is 0. The molecule has 138 valence electrons. The zero-order valence-corrected chi connectivity index (χ0v) is 15.7. The third-order valence-electron chi connectivity index (χ3n) is 4.65. The van der Waals surface area contributed by atoms with Crippen LogP contribution in [0.4, 0.5) is 5.69 Å². The lowest BCUT2D eigenvalue weighted by Crippen LogP contribution is -2.48. The van der Waals surface area contributed by atoms with Crippen molar-refractivity contribution in [1.82, 2.24) is 15.1 Å². The molecule has 7 heteroatoms. The number of halogens is 1. The highest BCUT2D eigenvalue weighted by Crippen LogP contribution is 2.26. The molecule has 0 saturated carbocycles. The predicted octanol–water partition coefficient (Wildman–Crippen LogP) is 3.66. The van der Waals surface area contributed by atoms with Gasteiger partial charge in [-0.25, -0.2) is 0 Å². The third kappa shape index (κ3) is 3.66. The maximum absolute atomic E-state index is 12.7. The average Bonchev–Trinajstić information content (AvgIpc) is 3.18. The van der Waals surface area contributed by atoms with Crippen molar-refractivity contribution < 1.29 is 9.21 Å². The summed E-state index contributed by atoms with van der Waals surface area (Å²) in [7, 11) is 0. The Morgan fingerprint density at radius 1 is 1.04 bits per heavy atom. The standard InChI is InChI=1S/C20H19ClN4O2/c1-14-5-4-6-15(13-14)24-9-11-25(12-10-24)20(26)19-23-22-18(27-19)16-7-2-3-8-17(16)21/h2-8,13H,9-12H2,1H3. The highest BCUT2D eigenvalue weighted by Gasteiger charge is 2.26. The predicted molar refractivity (Wildman–Crippen MR) is 104 cm³/mol. The molecule has 0 unspecified atom stereocenters. The van der Waals surface area contributed by atoms with Crippen molar-refractivity contribution >= 4 is 23.2 Å². The number of hydrogen-bond acceptors (Lipinski definition) is 5. The second kappa shape index (κ2) is 7.40. The Labute approximate surface area is 162 Å². The van der Waals surface area contributed by atoms with Gasteiger partial charge in [0.05, 0.1) is 10.6 Å². The Morgan fingerprint density at radius 3 is 2.56 bits per heavy atom. The first kappa shape index (κ1) is 17.5. The van der Waals surface area contributed by atoms with Gasteiger partial charge in [0, 0.05) is 31.9 Å². The summed E-state index contributed by atoms with van der Waals surface area (Å²) in [6.45, 7) is 4.82. The molecule has 0 spiro atoms. The molecule has 2 heterocycles. The van der Waals surface area contributed by atoms with Gasteiger partial charge in [0.1, 0.15) is 0 Å². The zero-order chi connectivity index (χ0) is 18.8. The number of aromatic nitrogens is 2. The number of nitrogens with zero attached hydrogens (tertiary/aromatic N) is 4. The van der Waals surface area contributed by atoms with Crippen molar-refractivity contribution in [3.8, 4) is 11.5 Å². The Balaban J connectivity index is 1.43. The minimum atomic E-state index is -0.246. The Hall–Kier alpha value is -2.86. The van der Waals surface area contributed by atoms with E-state index in [4.69, 9.17) is 16.0 Å². The van der Waals surface area contributed by atoms with Crippen LogP contribution in [-0.2, 0) is 0 Å². The Morgan fingerprint density at radius 2 is 1.81 bits per heavy atom. The first-order valence-electron chi connectivity index (χ1n) is 8.81. The molecule has 2 aromatic carbocycles. The quantitative estimate of drug-likeness (QED) is 0.691. The van der Waals surface area contributed by atoms with Gasteiger partial charge in [0.15, 0.2) is 0 Å². The summed E-state index contributed by atoms with van der Waals surface area (Å²) in [5, 5.41) is 8.40. The van der Waals surface area contributed by atoms with E-state index in [9.17, 15) is 4.79 Å². The van der Waals surface area contributed by atoms with Crippen molar-refractivity contribution in [2.75, 3.05) is 31.1 Å². The van der Waals surface area contributed by atoms with E-state index in [-0.39, 0.29) is 17.7 Å². The van der Waals surface area contributed by atoms with Gasteiger partial charge in [0.2, 0.25) is 5.89 Å². The molecule has 0 aliphatic carbocycles. The van der Waals surface area contributed by atoms with Crippen LogP contribution in [0.3, 0.4) is 0 Å². The Kier molecular flexibility index (Phi) is 4.81. The van der Waals surface area contributed by atoms with Gasteiger partial charge in [0.25, 0.3) is 0 Å². The van der Waals surface area contributed by atoms with Crippen LogP contribution in [0, 0.1) is 6.92 Å². The van der Waals surface area contributed by atoms with Crippen molar-refractivity contribution in [2.24, 2.45) is 0 Å². The van der Waals surface area contributed by atoms with Gasteiger partial charge >= 0.3 is 11.8 Å². The minimum Gasteiger partial charge on any atom is -0.412 e. The molecular weight excluding hydrogens is 364 g/mol. The maximum Gasteiger partial charge on any atom is 0.311 e. The maximum atomic E-state index is 12.7. The number of amides is 1. The lowest BCUT2D eigenvalue weighted by molar-refractivity contribution is 0.0707. The smallest absolute Gasteiger partial charge is 0.311 e. The van der Waals surface area contributed by atoms with E-state index in [1.807, 2.05) is 12.1 Å². The first-order valence-corrected chi connectivity index (χ1v) is 9.19. The summed E-state index contributed by atoms with van der Waals surface area (Å²) >= 11 is 6.15. The number of carbonyl (C=O) groups excluding carboxylic acids is 1. The molecule has 6 nitrogen and oxygen atoms in total. The van der Waals surface area contributed by atoms with Crippen LogP contribution in [0.5, 0.6) is 0 Å². The van der Waals surface area contributed by atoms with Crippen LogP contribution >= 0.6 is 11.6 Å². The van der Waals surface area contributed by atoms with E-state index in [1.54, 1.807) is 17.0 Å². The van der Waals surface area contributed by atoms with Crippen molar-refractivity contribution in [2.45, 2.75) is 6.92 Å². The van der Waals surface area contributed by atoms with Gasteiger partial charge < -0.3 is 14.2 Å². The molecule has 1 aliphatic rings. The summed E-state index contributed by atoms with van der Waals surface area (Å²) in [6, 6.07) is 15.6. The number of benzene rings is 2. The highest BCUT2D eigenvalue weighted by molar-refractivity contribution is 6.33. The van der Waals surface area contributed by atoms with Gasteiger partial charge in [-0.1, -0.05) is 35.9 Å². The van der Waals surface area contributed by atoms with Gasteiger partial charge in [-0.2, -0.15) is 0 Å². The Bertz CT molecular complexity index is 964. The molecule has 3 aromatic rings. The van der Waals surface area contributed by atoms with Crippen LogP contribution in [0.2, 0.25) is 5.02 Å². The molecule has 1 aromatic heterocycles. The van der Waals surface area contributed by atoms with E-state index in [1.165, 1.54) is 11.3 Å². The summed E-state index contributed by atoms with van der Waals surface area (Å²) < 4.78 is 5.58. The summed E-state index contributed by atoms with van der Waals surface area (Å²) in [5.41, 5.74) is 3.03. The lowest BCUT2D eigenvalue weighted by Gasteiger charge is -2.35. The normalized spacial score (nSPS) is 14.4. The molecule has 1 amide bonds. The lowest BCUT2D eigenvalue weighted by atomic mass is 10.2. The summed E-state index contributed by atoms with van der Waals surface area (Å²) in [5.74, 6) is 0.000896. The second-order valence-corrected chi connectivity index (χ2v) is 6.92. The number of aryl methyl sites for hydroxylation is 1. The topological polar surface area (TPSA) is 62.5 Å². The third-order valence-corrected chi connectivity index (χ3v) is 4.98. The van der Waals surface area contributed by atoms with Crippen LogP contribution in [0.15, 0.2) is 52.9 Å². The van der Waals surface area contributed by atoms with E-state index in [0.717, 1.165) is 13.1 Å². The molecule has 0 radical (unpaired) electrons. The molecule has 1 fully saturated rings. The largest absolute Gasteiger partial charge is 0.412 e. The molecule has 0 bridgehead atoms. The fourth-order valence-corrected chi connectivity index (χ4v) is 3.40. The number of anilines is 1. The van der Waals surface area contributed by atoms with Crippen LogP contribution < -0.4 is 4.90 Å². The molecule has 1 saturated heterocycles. The summed E-state index contributed by atoms with van der Waals surface area (Å²) in [4.78, 5) is 16.7. The number of hydrogen-bond donors (Lipinski definition) is 0. The molecular formula is C20H19ClN4O2. The molecule has 27 heavy (non-hydrogen) atoms. The molecule has 0 atom stereocenters. The number of rotatable bonds is 3.